The monoisotopic (exact) mass is 1300 g/mol. The van der Waals surface area contributed by atoms with Gasteiger partial charge < -0.3 is 85.4 Å². The maximum Gasteiger partial charge on any atom is 0.327 e. The number of thioether (sulfide) groups is 1. The van der Waals surface area contributed by atoms with Gasteiger partial charge in [0.1, 0.15) is 54.4 Å². The average Bonchev–Trinajstić information content (AvgIpc) is 4.12. The molecule has 0 aliphatic heterocycles. The number of benzene rings is 2. The Balaban J connectivity index is 2.02. The van der Waals surface area contributed by atoms with E-state index in [0.29, 0.717) is 22.0 Å². The van der Waals surface area contributed by atoms with Crippen molar-refractivity contribution in [2.24, 2.45) is 28.1 Å². The number of carboxylic acid groups (broad SMARTS) is 3. The molecular weight excluding hydrogens is 1220 g/mol. The van der Waals surface area contributed by atoms with Gasteiger partial charge in [-0.15, -0.1) is 0 Å². The first-order valence-corrected chi connectivity index (χ1v) is 31.2. The Kier molecular flexibility index (Phi) is 32.6. The molecule has 1 heterocycles. The SMILES string of the molecule is CC[C@H](C)[C@H](NC(=O)[C@H](CCC(=O)O)NC(=O)[C@H](CCCN=C(N)N)NC(=O)[C@H](CC(=O)O)NC(=O)[C@@H](N)CS)C(=O)N[C@@H](CCSC)C(=O)N[C@@H](Cc1c[nH]c2ccccc12)C(=O)N[C@@H](Cc1ccccc1)C(=O)N[C@@H](CS)C(=O)N[C@@H](CS)C(=O)O. The summed E-state index contributed by atoms with van der Waals surface area (Å²) in [5.41, 5.74) is 18.5. The van der Waals surface area contributed by atoms with Crippen LogP contribution in [0.4, 0.5) is 0 Å². The molecule has 9 amide bonds. The number of nitrogens with zero attached hydrogens (tertiary/aromatic N) is 1. The fraction of sp³-hybridized carbons (Fsp3) is 0.509. The number of aliphatic imine (C=N–C) groups is 1. The number of amides is 9. The molecule has 0 aliphatic carbocycles. The van der Waals surface area contributed by atoms with E-state index in [0.717, 1.165) is 0 Å². The summed E-state index contributed by atoms with van der Waals surface area (Å²) < 4.78 is 0. The van der Waals surface area contributed by atoms with Crippen molar-refractivity contribution in [1.82, 2.24) is 52.8 Å². The molecule has 484 valence electrons. The topological polar surface area (TPSA) is 480 Å². The van der Waals surface area contributed by atoms with Crippen LogP contribution in [-0.4, -0.2) is 194 Å². The lowest BCUT2D eigenvalue weighted by Gasteiger charge is -2.30. The van der Waals surface area contributed by atoms with E-state index in [4.69, 9.17) is 17.2 Å². The number of nitrogens with one attached hydrogen (secondary N) is 10. The van der Waals surface area contributed by atoms with Gasteiger partial charge in [-0.3, -0.25) is 57.7 Å². The van der Waals surface area contributed by atoms with E-state index in [1.54, 1.807) is 80.9 Å². The fourth-order valence-corrected chi connectivity index (χ4v) is 9.72. The van der Waals surface area contributed by atoms with E-state index in [1.165, 1.54) is 11.8 Å². The average molecular weight is 1310 g/mol. The molecule has 29 nitrogen and oxygen atoms in total. The predicted octanol–water partition coefficient (Wildman–Crippen LogP) is -2.29. The Labute approximate surface area is 528 Å². The summed E-state index contributed by atoms with van der Waals surface area (Å²) in [5.74, 6) is -14.3. The summed E-state index contributed by atoms with van der Waals surface area (Å²) in [4.78, 5) is 169. The van der Waals surface area contributed by atoms with Gasteiger partial charge >= 0.3 is 17.9 Å². The lowest BCUT2D eigenvalue weighted by atomic mass is 9.96. The minimum atomic E-state index is -1.76. The lowest BCUT2D eigenvalue weighted by molar-refractivity contribution is -0.142. The Morgan fingerprint density at radius 1 is 0.568 bits per heavy atom. The number of hydrogen-bond acceptors (Lipinski definition) is 18. The number of hydrogen-bond donors (Lipinski definition) is 19. The molecule has 3 rings (SSSR count). The van der Waals surface area contributed by atoms with Crippen molar-refractivity contribution in [3.05, 3.63) is 71.9 Å². The van der Waals surface area contributed by atoms with Crippen LogP contribution in [0, 0.1) is 5.92 Å². The molecule has 88 heavy (non-hydrogen) atoms. The summed E-state index contributed by atoms with van der Waals surface area (Å²) in [7, 11) is 0. The smallest absolute Gasteiger partial charge is 0.327 e. The number of carbonyl (C=O) groups is 12. The highest BCUT2D eigenvalue weighted by Gasteiger charge is 2.37. The maximum absolute atomic E-state index is 14.8. The number of carbonyl (C=O) groups excluding carboxylic acids is 9. The third-order valence-corrected chi connectivity index (χ3v) is 15.5. The molecule has 1 aromatic heterocycles. The first kappa shape index (κ1) is 74.5. The number of para-hydroxylation sites is 1. The standard InChI is InChI=1S/C55H80N14O15S4/c1-4-28(2)44(69-48(77)35(16-17-42(70)71)62-46(75)34(15-10-19-59-55(57)58)61-51(80)39(23-43(72)73)64-45(74)32(56)25-85)53(82)63-36(18-20-88-3)47(76)66-38(22-30-24-60-33-14-9-8-13-31(30)33)50(79)65-37(21-29-11-6-5-7-12-29)49(78)67-40(26-86)52(81)68-41(27-87)54(83)84/h5-9,11-14,24,28,32,34-41,44,60,85-87H,4,10,15-23,25-27,56H2,1-3H3,(H,61,80)(H,62,75)(H,63,82)(H,64,74)(H,65,79)(H,66,76)(H,67,78)(H,68,81)(H,69,77)(H,70,71)(H,72,73)(H,83,84)(H4,57,58,59)/t28-,32-,34-,35-,36-,37-,38-,39-,40-,41-,44-/m0/s1. The van der Waals surface area contributed by atoms with Gasteiger partial charge in [0.15, 0.2) is 5.96 Å². The van der Waals surface area contributed by atoms with Crippen molar-refractivity contribution in [2.75, 3.05) is 35.8 Å². The van der Waals surface area contributed by atoms with Crippen molar-refractivity contribution in [2.45, 2.75) is 132 Å². The van der Waals surface area contributed by atoms with Gasteiger partial charge in [0.05, 0.1) is 12.5 Å². The summed E-state index contributed by atoms with van der Waals surface area (Å²) in [6.45, 7) is 3.24. The third-order valence-electron chi connectivity index (χ3n) is 13.7. The first-order chi connectivity index (χ1) is 41.8. The molecule has 0 fully saturated rings. The lowest BCUT2D eigenvalue weighted by Crippen LogP contribution is -2.62. The molecule has 2 aromatic carbocycles. The number of aliphatic carboxylic acids is 3. The second-order valence-corrected chi connectivity index (χ2v) is 22.4. The van der Waals surface area contributed by atoms with Crippen molar-refractivity contribution in [3.63, 3.8) is 0 Å². The maximum atomic E-state index is 14.8. The normalized spacial score (nSPS) is 14.8. The molecular formula is C55H80N14O15S4. The van der Waals surface area contributed by atoms with Gasteiger partial charge in [-0.2, -0.15) is 49.6 Å². The summed E-state index contributed by atoms with van der Waals surface area (Å²) >= 11 is 13.5. The molecule has 19 N–H and O–H groups in total. The van der Waals surface area contributed by atoms with Crippen LogP contribution in [-0.2, 0) is 70.4 Å². The number of nitrogens with two attached hydrogens (primary N) is 3. The Hall–Kier alpha value is -7.75. The van der Waals surface area contributed by atoms with E-state index < -0.39 is 157 Å². The number of aromatic amines is 1. The van der Waals surface area contributed by atoms with E-state index in [1.807, 2.05) is 0 Å². The Bertz CT molecular complexity index is 2920. The molecule has 0 saturated carbocycles. The molecule has 0 unspecified atom stereocenters. The highest BCUT2D eigenvalue weighted by Crippen LogP contribution is 2.20. The van der Waals surface area contributed by atoms with Crippen molar-refractivity contribution >= 4 is 138 Å². The molecule has 3 aromatic rings. The van der Waals surface area contributed by atoms with Crippen molar-refractivity contribution in [3.8, 4) is 0 Å². The molecule has 0 spiro atoms. The van der Waals surface area contributed by atoms with Crippen LogP contribution in [0.1, 0.15) is 69.9 Å². The highest BCUT2D eigenvalue weighted by atomic mass is 32.2. The van der Waals surface area contributed by atoms with Gasteiger partial charge in [0, 0.05) is 60.2 Å². The number of H-pyrrole nitrogens is 1. The summed E-state index contributed by atoms with van der Waals surface area (Å²) in [6, 6.07) is 0.837. The number of fused-ring (bicyclic) bond motifs is 1. The van der Waals surface area contributed by atoms with Gasteiger partial charge in [-0.25, -0.2) is 4.79 Å². The zero-order chi connectivity index (χ0) is 65.6. The summed E-state index contributed by atoms with van der Waals surface area (Å²) in [6.07, 6.45) is 0.863. The third kappa shape index (κ3) is 25.2. The first-order valence-electron chi connectivity index (χ1n) is 27.9. The number of aromatic nitrogens is 1. The highest BCUT2D eigenvalue weighted by molar-refractivity contribution is 7.98. The second-order valence-electron chi connectivity index (χ2n) is 20.4. The predicted molar refractivity (Wildman–Crippen MR) is 338 cm³/mol. The van der Waals surface area contributed by atoms with Crippen LogP contribution >= 0.6 is 49.6 Å². The van der Waals surface area contributed by atoms with E-state index >= 15 is 0 Å². The van der Waals surface area contributed by atoms with Crippen LogP contribution in [0.2, 0.25) is 0 Å². The minimum Gasteiger partial charge on any atom is -0.481 e. The van der Waals surface area contributed by atoms with Crippen LogP contribution < -0.4 is 65.1 Å². The Morgan fingerprint density at radius 3 is 1.61 bits per heavy atom. The molecule has 0 radical (unpaired) electrons. The fourth-order valence-electron chi connectivity index (χ4n) is 8.58. The van der Waals surface area contributed by atoms with Gasteiger partial charge in [0.2, 0.25) is 53.2 Å². The van der Waals surface area contributed by atoms with Crippen LogP contribution in [0.25, 0.3) is 10.9 Å². The van der Waals surface area contributed by atoms with Gasteiger partial charge in [-0.1, -0.05) is 68.8 Å². The van der Waals surface area contributed by atoms with E-state index in [2.05, 4.69) is 95.7 Å². The number of guanidine groups is 1. The van der Waals surface area contributed by atoms with Crippen LogP contribution in [0.5, 0.6) is 0 Å². The molecule has 11 atom stereocenters. The number of rotatable bonds is 40. The largest absolute Gasteiger partial charge is 0.481 e. The molecule has 33 heteroatoms. The summed E-state index contributed by atoms with van der Waals surface area (Å²) in [5, 5.41) is 52.2. The molecule has 0 bridgehead atoms. The van der Waals surface area contributed by atoms with Gasteiger partial charge in [-0.05, 0) is 60.8 Å². The second kappa shape index (κ2) is 38.5. The van der Waals surface area contributed by atoms with Crippen LogP contribution in [0.15, 0.2) is 65.8 Å². The van der Waals surface area contributed by atoms with E-state index in [9.17, 15) is 72.9 Å². The quantitative estimate of drug-likeness (QED) is 0.0123. The van der Waals surface area contributed by atoms with Crippen LogP contribution in [0.3, 0.4) is 0 Å². The molecule has 0 saturated heterocycles. The van der Waals surface area contributed by atoms with Gasteiger partial charge in [0.25, 0.3) is 0 Å². The molecule has 0 aliphatic rings. The number of carboxylic acids is 3. The van der Waals surface area contributed by atoms with Crippen molar-refractivity contribution < 1.29 is 72.9 Å². The Morgan fingerprint density at radius 2 is 1.06 bits per heavy atom. The van der Waals surface area contributed by atoms with E-state index in [-0.39, 0.29) is 74.0 Å². The zero-order valence-corrected chi connectivity index (χ0v) is 52.2. The minimum absolute atomic E-state index is 0.0135. The zero-order valence-electron chi connectivity index (χ0n) is 48.7. The number of thiol groups is 3. The van der Waals surface area contributed by atoms with Crippen molar-refractivity contribution in [1.29, 1.82) is 0 Å².